The average Bonchev–Trinajstić information content (AvgIpc) is 3.95. The topological polar surface area (TPSA) is 200 Å². The van der Waals surface area contributed by atoms with E-state index in [0.29, 0.717) is 100.0 Å². The van der Waals surface area contributed by atoms with E-state index in [0.717, 1.165) is 43.2 Å². The molecule has 0 fully saturated rings. The summed E-state index contributed by atoms with van der Waals surface area (Å²) in [7, 11) is 0.795. The lowest BCUT2D eigenvalue weighted by Gasteiger charge is -2.27. The molecule has 17 nitrogen and oxygen atoms in total. The molecule has 0 spiro atoms. The van der Waals surface area contributed by atoms with Crippen LogP contribution in [-0.2, 0) is 56.4 Å². The van der Waals surface area contributed by atoms with E-state index in [-0.39, 0.29) is 71.4 Å². The fourth-order valence-electron chi connectivity index (χ4n) is 9.09. The number of sulfonamides is 1. The highest BCUT2D eigenvalue weighted by molar-refractivity contribution is 7.91. The predicted molar refractivity (Wildman–Crippen MR) is 294 cm³/mol. The Labute approximate surface area is 459 Å². The van der Waals surface area contributed by atoms with Crippen LogP contribution in [0.3, 0.4) is 0 Å². The predicted octanol–water partition coefficient (Wildman–Crippen LogP) is 7.62. The number of unbranched alkanes of at least 4 members (excludes halogenated alkanes) is 2. The number of carbonyl (C=O) groups excluding carboxylic acids is 2. The summed E-state index contributed by atoms with van der Waals surface area (Å²) in [6.45, 7) is 3.31. The van der Waals surface area contributed by atoms with Crippen molar-refractivity contribution < 1.29 is 54.8 Å². The van der Waals surface area contributed by atoms with E-state index >= 15 is 0 Å². The number of rotatable bonds is 35. The van der Waals surface area contributed by atoms with Crippen molar-refractivity contribution in [3.63, 3.8) is 0 Å². The van der Waals surface area contributed by atoms with E-state index in [9.17, 15) is 26.4 Å². The highest BCUT2D eigenvalue weighted by Gasteiger charge is 2.37. The normalized spacial score (nSPS) is 17.2. The molecule has 3 N–H and O–H groups in total. The number of nitrogens with one attached hydrogen (secondary N) is 3. The van der Waals surface area contributed by atoms with Crippen LogP contribution in [0.25, 0.3) is 0 Å². The van der Waals surface area contributed by atoms with E-state index < -0.39 is 19.9 Å². The van der Waals surface area contributed by atoms with Gasteiger partial charge in [0, 0.05) is 55.7 Å². The minimum Gasteiger partial charge on any atom is -0.484 e. The number of hydrogen-bond donors (Lipinski definition) is 3. The van der Waals surface area contributed by atoms with Gasteiger partial charge < -0.3 is 48.9 Å². The third-order valence-corrected chi connectivity index (χ3v) is 17.0. The van der Waals surface area contributed by atoms with Gasteiger partial charge in [-0.15, -0.1) is 0 Å². The van der Waals surface area contributed by atoms with Crippen LogP contribution in [-0.4, -0.2) is 157 Å². The third-order valence-electron chi connectivity index (χ3n) is 13.2. The van der Waals surface area contributed by atoms with E-state index in [1.54, 1.807) is 36.4 Å². The second-order valence-electron chi connectivity index (χ2n) is 19.3. The maximum Gasteiger partial charge on any atom is 0.314 e. The van der Waals surface area contributed by atoms with Crippen molar-refractivity contribution in [2.24, 2.45) is 0 Å². The minimum absolute atomic E-state index is 0.0535. The molecule has 4 aromatic rings. The standard InChI is InChI=1S/C55H75Cl2N5O12S2/c1-61(2)51-36-40-12-14-42(56)38-49(40)53(51)73-45-16-20-47(21-17-45)75(65,66)35-9-28-70-32-33-71-29-25-59-55(64)58-24-7-5-6-10-44(63)11-8-27-69-31-34-72-30-26-60-76(67,68)48-22-18-46(19-23-48)74-54-50-39-43(57)15-13-41(50)37-52(54)62(3)4/h12-23,38-39,51-54,60H,5-11,24-37H2,1-4H3,(H2,58,59,64)/t51-,52-,53-,54-/m0/s1. The Hall–Kier alpha value is -4.38. The summed E-state index contributed by atoms with van der Waals surface area (Å²) in [6, 6.07) is 24.6. The summed E-state index contributed by atoms with van der Waals surface area (Å²) in [5.74, 6) is 1.27. The quantitative estimate of drug-likeness (QED) is 0.0380. The molecule has 2 amide bonds. The van der Waals surface area contributed by atoms with E-state index in [4.69, 9.17) is 51.6 Å². The molecule has 76 heavy (non-hydrogen) atoms. The van der Waals surface area contributed by atoms with E-state index in [2.05, 4.69) is 25.2 Å². The van der Waals surface area contributed by atoms with Gasteiger partial charge in [-0.05, 0) is 162 Å². The van der Waals surface area contributed by atoms with Crippen molar-refractivity contribution in [3.8, 4) is 11.5 Å². The first-order valence-corrected chi connectivity index (χ1v) is 29.9. The summed E-state index contributed by atoms with van der Waals surface area (Å²) in [4.78, 5) is 29.0. The van der Waals surface area contributed by atoms with Gasteiger partial charge in [0.05, 0.1) is 67.3 Å². The maximum absolute atomic E-state index is 13.0. The second kappa shape index (κ2) is 30.7. The number of Topliss-reactive ketones (excluding diaryl/α,β-unsaturated/α-hetero) is 1. The number of benzene rings is 4. The summed E-state index contributed by atoms with van der Waals surface area (Å²) >= 11 is 12.6. The Kier molecular flexibility index (Phi) is 24.6. The average molecular weight is 1130 g/mol. The number of likely N-dealkylation sites (N-methyl/N-ethyl adjacent to an activating group) is 2. The summed E-state index contributed by atoms with van der Waals surface area (Å²) in [6.07, 6.45) is 5.34. The smallest absolute Gasteiger partial charge is 0.314 e. The SMILES string of the molecule is CN(C)[C@H]1Cc2ccc(Cl)cc2[C@@H]1Oc1ccc(S(=O)(=O)CCCOCCOCCNC(=O)NCCCCCC(=O)CCCOCCOCCNS(=O)(=O)c2ccc(O[C@H]3c4cc(Cl)ccc4C[C@@H]3N(C)C)cc2)cc1. The first kappa shape index (κ1) is 60.8. The molecular weight excluding hydrogens is 1060 g/mol. The molecule has 0 saturated heterocycles. The van der Waals surface area contributed by atoms with Crippen LogP contribution < -0.4 is 24.8 Å². The minimum atomic E-state index is -3.75. The number of fused-ring (bicyclic) bond motifs is 2. The number of carbonyl (C=O) groups is 2. The number of amides is 2. The lowest BCUT2D eigenvalue weighted by atomic mass is 10.1. The van der Waals surface area contributed by atoms with Crippen LogP contribution in [0.5, 0.6) is 11.5 Å². The van der Waals surface area contributed by atoms with Crippen molar-refractivity contribution in [1.82, 2.24) is 25.2 Å². The van der Waals surface area contributed by atoms with Crippen LogP contribution in [0.15, 0.2) is 94.7 Å². The van der Waals surface area contributed by atoms with Crippen molar-refractivity contribution in [2.45, 2.75) is 91.9 Å². The Morgan fingerprint density at radius 2 is 1.01 bits per heavy atom. The van der Waals surface area contributed by atoms with Crippen LogP contribution in [0.1, 0.15) is 79.4 Å². The fourth-order valence-corrected chi connectivity index (χ4v) is 11.7. The zero-order valence-electron chi connectivity index (χ0n) is 44.1. The van der Waals surface area contributed by atoms with Gasteiger partial charge in [0.15, 0.2) is 9.84 Å². The molecule has 0 aromatic heterocycles. The molecule has 4 aromatic carbocycles. The highest BCUT2D eigenvalue weighted by Crippen LogP contribution is 2.40. The maximum atomic E-state index is 13.0. The molecule has 2 aliphatic carbocycles. The third kappa shape index (κ3) is 19.2. The van der Waals surface area contributed by atoms with Gasteiger partial charge in [-0.3, -0.25) is 4.79 Å². The number of ether oxygens (including phenoxy) is 6. The largest absolute Gasteiger partial charge is 0.484 e. The second-order valence-corrected chi connectivity index (χ2v) is 24.1. The molecule has 2 aliphatic rings. The van der Waals surface area contributed by atoms with Gasteiger partial charge >= 0.3 is 6.03 Å². The van der Waals surface area contributed by atoms with Gasteiger partial charge in [-0.1, -0.05) is 41.8 Å². The van der Waals surface area contributed by atoms with Crippen molar-refractivity contribution in [2.75, 3.05) is 106 Å². The molecule has 0 heterocycles. The van der Waals surface area contributed by atoms with Crippen LogP contribution in [0.4, 0.5) is 4.79 Å². The number of hydrogen-bond acceptors (Lipinski definition) is 14. The first-order chi connectivity index (χ1) is 36.5. The zero-order chi connectivity index (χ0) is 54.5. The summed E-state index contributed by atoms with van der Waals surface area (Å²) in [5.41, 5.74) is 4.45. The lowest BCUT2D eigenvalue weighted by molar-refractivity contribution is -0.119. The van der Waals surface area contributed by atoms with E-state index in [1.807, 2.05) is 64.6 Å². The summed E-state index contributed by atoms with van der Waals surface area (Å²) in [5, 5.41) is 6.84. The van der Waals surface area contributed by atoms with Crippen molar-refractivity contribution >= 4 is 54.9 Å². The Morgan fingerprint density at radius 3 is 1.55 bits per heavy atom. The molecular formula is C55H75Cl2N5O12S2. The molecule has 0 bridgehead atoms. The Balaban J connectivity index is 0.688. The fraction of sp³-hybridized carbons (Fsp3) is 0.527. The molecule has 4 atom stereocenters. The molecule has 418 valence electrons. The Morgan fingerprint density at radius 1 is 0.539 bits per heavy atom. The van der Waals surface area contributed by atoms with E-state index in [1.165, 1.54) is 23.3 Å². The van der Waals surface area contributed by atoms with Gasteiger partial charge in [0.2, 0.25) is 10.0 Å². The van der Waals surface area contributed by atoms with Gasteiger partial charge in [0.1, 0.15) is 29.5 Å². The monoisotopic (exact) mass is 1130 g/mol. The molecule has 0 radical (unpaired) electrons. The number of nitrogens with zero attached hydrogens (tertiary/aromatic N) is 2. The van der Waals surface area contributed by atoms with Crippen LogP contribution in [0, 0.1) is 0 Å². The zero-order valence-corrected chi connectivity index (χ0v) is 47.3. The number of sulfone groups is 1. The molecule has 21 heteroatoms. The van der Waals surface area contributed by atoms with Gasteiger partial charge in [0.25, 0.3) is 0 Å². The lowest BCUT2D eigenvalue weighted by Crippen LogP contribution is -2.37. The molecule has 6 rings (SSSR count). The number of ketones is 1. The van der Waals surface area contributed by atoms with Gasteiger partial charge in [-0.2, -0.15) is 0 Å². The van der Waals surface area contributed by atoms with Crippen LogP contribution >= 0.6 is 23.2 Å². The van der Waals surface area contributed by atoms with Gasteiger partial charge in [-0.25, -0.2) is 26.4 Å². The van der Waals surface area contributed by atoms with Crippen molar-refractivity contribution in [1.29, 1.82) is 0 Å². The highest BCUT2D eigenvalue weighted by atomic mass is 35.5. The van der Waals surface area contributed by atoms with Crippen molar-refractivity contribution in [3.05, 3.63) is 117 Å². The number of halogens is 2. The number of urea groups is 1. The molecule has 0 aliphatic heterocycles. The first-order valence-electron chi connectivity index (χ1n) is 26.0. The Bertz CT molecular complexity index is 2500. The van der Waals surface area contributed by atoms with Crippen LogP contribution in [0.2, 0.25) is 10.0 Å². The molecule has 0 unspecified atom stereocenters. The molecule has 0 saturated carbocycles. The summed E-state index contributed by atoms with van der Waals surface area (Å²) < 4.78 is 89.2.